The van der Waals surface area contributed by atoms with Crippen molar-refractivity contribution in [3.63, 3.8) is 0 Å². The maximum atomic E-state index is 12.7. The largest absolute Gasteiger partial charge is 0.469 e. The Morgan fingerprint density at radius 1 is 1.30 bits per heavy atom. The standard InChI is InChI=1S/C16H17BrN2O4/c1-11(16(21)22-2)9-19(10-12-5-7-18-8-6-12)15(20)13-3-4-14(17)23-13/h3-8,11H,9-10H2,1-2H3. The maximum absolute atomic E-state index is 12.7. The average molecular weight is 381 g/mol. The molecule has 2 heterocycles. The summed E-state index contributed by atoms with van der Waals surface area (Å²) in [6.07, 6.45) is 3.32. The Morgan fingerprint density at radius 2 is 2.00 bits per heavy atom. The van der Waals surface area contributed by atoms with Gasteiger partial charge in [-0.15, -0.1) is 0 Å². The summed E-state index contributed by atoms with van der Waals surface area (Å²) in [6, 6.07) is 6.89. The molecule has 122 valence electrons. The summed E-state index contributed by atoms with van der Waals surface area (Å²) in [5.41, 5.74) is 0.913. The number of pyridine rings is 1. The molecule has 0 radical (unpaired) electrons. The fourth-order valence-corrected chi connectivity index (χ4v) is 2.43. The van der Waals surface area contributed by atoms with E-state index in [2.05, 4.69) is 20.9 Å². The van der Waals surface area contributed by atoms with Crippen LogP contribution in [0, 0.1) is 5.92 Å². The number of ether oxygens (including phenoxy) is 1. The fraction of sp³-hybridized carbons (Fsp3) is 0.312. The SMILES string of the molecule is COC(=O)C(C)CN(Cc1ccncc1)C(=O)c1ccc(Br)o1. The van der Waals surface area contributed by atoms with Gasteiger partial charge in [0.25, 0.3) is 5.91 Å². The van der Waals surface area contributed by atoms with Gasteiger partial charge in [0, 0.05) is 25.5 Å². The van der Waals surface area contributed by atoms with Gasteiger partial charge in [0.05, 0.1) is 13.0 Å². The third kappa shape index (κ3) is 4.66. The zero-order valence-electron chi connectivity index (χ0n) is 12.9. The van der Waals surface area contributed by atoms with Crippen LogP contribution in [-0.2, 0) is 16.1 Å². The minimum atomic E-state index is -0.441. The molecule has 0 aliphatic heterocycles. The Balaban J connectivity index is 2.19. The maximum Gasteiger partial charge on any atom is 0.310 e. The first-order chi connectivity index (χ1) is 11.0. The van der Waals surface area contributed by atoms with E-state index in [0.717, 1.165) is 5.56 Å². The van der Waals surface area contributed by atoms with E-state index in [1.807, 2.05) is 12.1 Å². The summed E-state index contributed by atoms with van der Waals surface area (Å²) in [5, 5.41) is 0. The topological polar surface area (TPSA) is 72.6 Å². The molecule has 2 aromatic rings. The monoisotopic (exact) mass is 380 g/mol. The number of furan rings is 1. The van der Waals surface area contributed by atoms with Gasteiger partial charge >= 0.3 is 5.97 Å². The van der Waals surface area contributed by atoms with E-state index in [4.69, 9.17) is 9.15 Å². The Labute approximate surface area is 142 Å². The molecule has 2 aromatic heterocycles. The molecule has 0 saturated carbocycles. The molecule has 1 unspecified atom stereocenters. The molecule has 1 atom stereocenters. The quantitative estimate of drug-likeness (QED) is 0.720. The lowest BCUT2D eigenvalue weighted by molar-refractivity contribution is -0.145. The molecule has 0 aromatic carbocycles. The number of methoxy groups -OCH3 is 1. The van der Waals surface area contributed by atoms with Crippen molar-refractivity contribution >= 4 is 27.8 Å². The summed E-state index contributed by atoms with van der Waals surface area (Å²) in [7, 11) is 1.33. The van der Waals surface area contributed by atoms with Gasteiger partial charge in [0.2, 0.25) is 0 Å². The summed E-state index contributed by atoms with van der Waals surface area (Å²) < 4.78 is 10.5. The van der Waals surface area contributed by atoms with Crippen LogP contribution in [0.3, 0.4) is 0 Å². The third-order valence-electron chi connectivity index (χ3n) is 3.29. The minimum absolute atomic E-state index is 0.211. The van der Waals surface area contributed by atoms with Crippen LogP contribution < -0.4 is 0 Å². The Bertz CT molecular complexity index is 672. The van der Waals surface area contributed by atoms with E-state index in [-0.39, 0.29) is 24.2 Å². The highest BCUT2D eigenvalue weighted by Gasteiger charge is 2.24. The van der Waals surface area contributed by atoms with E-state index in [1.54, 1.807) is 36.4 Å². The second-order valence-electron chi connectivity index (χ2n) is 5.07. The van der Waals surface area contributed by atoms with Gasteiger partial charge < -0.3 is 14.1 Å². The van der Waals surface area contributed by atoms with Crippen molar-refractivity contribution < 1.29 is 18.7 Å². The molecule has 23 heavy (non-hydrogen) atoms. The van der Waals surface area contributed by atoms with Crippen molar-refractivity contribution in [2.45, 2.75) is 13.5 Å². The average Bonchev–Trinajstić information content (AvgIpc) is 3.00. The van der Waals surface area contributed by atoms with Crippen molar-refractivity contribution in [1.82, 2.24) is 9.88 Å². The van der Waals surface area contributed by atoms with Gasteiger partial charge in [-0.25, -0.2) is 0 Å². The number of hydrogen-bond acceptors (Lipinski definition) is 5. The molecule has 1 amide bonds. The summed E-state index contributed by atoms with van der Waals surface area (Å²) in [6.45, 7) is 2.30. The number of hydrogen-bond donors (Lipinski definition) is 0. The van der Waals surface area contributed by atoms with E-state index in [0.29, 0.717) is 11.2 Å². The first-order valence-electron chi connectivity index (χ1n) is 7.02. The predicted octanol–water partition coefficient (Wildman–Crippen LogP) is 2.89. The summed E-state index contributed by atoms with van der Waals surface area (Å²) >= 11 is 3.18. The lowest BCUT2D eigenvalue weighted by Crippen LogP contribution is -2.36. The molecule has 0 aliphatic rings. The molecule has 2 rings (SSSR count). The van der Waals surface area contributed by atoms with Crippen LogP contribution in [0.1, 0.15) is 23.0 Å². The van der Waals surface area contributed by atoms with Crippen LogP contribution in [-0.4, -0.2) is 35.4 Å². The molecule has 6 nitrogen and oxygen atoms in total. The van der Waals surface area contributed by atoms with Gasteiger partial charge in [-0.1, -0.05) is 6.92 Å². The number of rotatable bonds is 6. The first kappa shape index (κ1) is 17.2. The van der Waals surface area contributed by atoms with Crippen molar-refractivity contribution in [3.05, 3.63) is 52.7 Å². The summed E-state index contributed by atoms with van der Waals surface area (Å²) in [5.74, 6) is -0.881. The van der Waals surface area contributed by atoms with Crippen molar-refractivity contribution in [2.24, 2.45) is 5.92 Å². The van der Waals surface area contributed by atoms with Gasteiger partial charge in [-0.05, 0) is 45.8 Å². The smallest absolute Gasteiger partial charge is 0.310 e. The Hall–Kier alpha value is -2.15. The molecule has 0 spiro atoms. The second kappa shape index (κ2) is 7.92. The number of carbonyl (C=O) groups is 2. The molecule has 0 saturated heterocycles. The zero-order valence-corrected chi connectivity index (χ0v) is 14.4. The van der Waals surface area contributed by atoms with Crippen LogP contribution in [0.15, 0.2) is 45.7 Å². The number of aromatic nitrogens is 1. The van der Waals surface area contributed by atoms with Gasteiger partial charge in [0.15, 0.2) is 10.4 Å². The predicted molar refractivity (Wildman–Crippen MR) is 86.6 cm³/mol. The molecular weight excluding hydrogens is 364 g/mol. The second-order valence-corrected chi connectivity index (χ2v) is 5.85. The number of halogens is 1. The van der Waals surface area contributed by atoms with E-state index < -0.39 is 5.92 Å². The number of nitrogens with zero attached hydrogens (tertiary/aromatic N) is 2. The van der Waals surface area contributed by atoms with Gasteiger partial charge in [-0.3, -0.25) is 14.6 Å². The highest BCUT2D eigenvalue weighted by atomic mass is 79.9. The van der Waals surface area contributed by atoms with E-state index >= 15 is 0 Å². The molecule has 0 aliphatic carbocycles. The fourth-order valence-electron chi connectivity index (χ4n) is 2.12. The van der Waals surface area contributed by atoms with Crippen molar-refractivity contribution in [2.75, 3.05) is 13.7 Å². The molecule has 0 N–H and O–H groups in total. The van der Waals surface area contributed by atoms with E-state index in [1.165, 1.54) is 7.11 Å². The summed E-state index contributed by atoms with van der Waals surface area (Å²) in [4.78, 5) is 29.8. The van der Waals surface area contributed by atoms with Crippen molar-refractivity contribution in [3.8, 4) is 0 Å². The first-order valence-corrected chi connectivity index (χ1v) is 7.82. The zero-order chi connectivity index (χ0) is 16.8. The molecular formula is C16H17BrN2O4. The third-order valence-corrected chi connectivity index (χ3v) is 3.72. The van der Waals surface area contributed by atoms with Crippen LogP contribution in [0.5, 0.6) is 0 Å². The normalized spacial score (nSPS) is 11.8. The van der Waals surface area contributed by atoms with Crippen LogP contribution in [0.25, 0.3) is 0 Å². The number of esters is 1. The van der Waals surface area contributed by atoms with Gasteiger partial charge in [-0.2, -0.15) is 0 Å². The van der Waals surface area contributed by atoms with Crippen LogP contribution >= 0.6 is 15.9 Å². The molecule has 0 bridgehead atoms. The lowest BCUT2D eigenvalue weighted by atomic mass is 10.1. The highest BCUT2D eigenvalue weighted by molar-refractivity contribution is 9.10. The van der Waals surface area contributed by atoms with Gasteiger partial charge in [0.1, 0.15) is 0 Å². The van der Waals surface area contributed by atoms with Crippen molar-refractivity contribution in [1.29, 1.82) is 0 Å². The molecule has 0 fully saturated rings. The van der Waals surface area contributed by atoms with Crippen LogP contribution in [0.2, 0.25) is 0 Å². The number of amides is 1. The minimum Gasteiger partial charge on any atom is -0.469 e. The lowest BCUT2D eigenvalue weighted by Gasteiger charge is -2.24. The Morgan fingerprint density at radius 3 is 2.57 bits per heavy atom. The molecule has 7 heteroatoms. The van der Waals surface area contributed by atoms with Crippen LogP contribution in [0.4, 0.5) is 0 Å². The number of carbonyl (C=O) groups excluding carboxylic acids is 2. The Kier molecular flexibility index (Phi) is 5.92. The highest BCUT2D eigenvalue weighted by Crippen LogP contribution is 2.18. The van der Waals surface area contributed by atoms with E-state index in [9.17, 15) is 9.59 Å².